The maximum absolute atomic E-state index is 10.7. The number of ether oxygens (including phenoxy) is 1. The fourth-order valence-electron chi connectivity index (χ4n) is 2.00. The maximum Gasteiger partial charge on any atom is 0.255 e. The SMILES string of the molecule is CC(NCc1ccc(OCC(N)=O)cc1)c1ccc(Cl)cc1.Cl. The van der Waals surface area contributed by atoms with Crippen LogP contribution in [0.1, 0.15) is 24.1 Å². The van der Waals surface area contributed by atoms with Gasteiger partial charge in [-0.2, -0.15) is 0 Å². The quantitative estimate of drug-likeness (QED) is 0.799. The number of halogens is 2. The monoisotopic (exact) mass is 354 g/mol. The zero-order valence-electron chi connectivity index (χ0n) is 12.8. The van der Waals surface area contributed by atoms with Crippen molar-refractivity contribution < 1.29 is 9.53 Å². The van der Waals surface area contributed by atoms with Crippen molar-refractivity contribution in [2.75, 3.05) is 6.61 Å². The Morgan fingerprint density at radius 2 is 1.78 bits per heavy atom. The molecule has 124 valence electrons. The van der Waals surface area contributed by atoms with Crippen LogP contribution in [0.15, 0.2) is 48.5 Å². The maximum atomic E-state index is 10.7. The number of primary amides is 1. The second kappa shape index (κ2) is 9.40. The first-order valence-electron chi connectivity index (χ1n) is 7.03. The van der Waals surface area contributed by atoms with Crippen molar-refractivity contribution in [2.45, 2.75) is 19.5 Å². The molecule has 1 amide bonds. The minimum Gasteiger partial charge on any atom is -0.484 e. The van der Waals surface area contributed by atoms with Crippen LogP contribution in [-0.2, 0) is 11.3 Å². The van der Waals surface area contributed by atoms with Crippen LogP contribution < -0.4 is 15.8 Å². The first-order valence-corrected chi connectivity index (χ1v) is 7.41. The third-order valence-corrected chi connectivity index (χ3v) is 3.54. The second-order valence-electron chi connectivity index (χ2n) is 5.05. The molecule has 0 aliphatic rings. The summed E-state index contributed by atoms with van der Waals surface area (Å²) >= 11 is 5.89. The number of nitrogens with one attached hydrogen (secondary N) is 1. The molecule has 1 atom stereocenters. The lowest BCUT2D eigenvalue weighted by molar-refractivity contribution is -0.119. The van der Waals surface area contributed by atoms with E-state index in [1.807, 2.05) is 48.5 Å². The molecule has 1 unspecified atom stereocenters. The number of amides is 1. The molecule has 0 bridgehead atoms. The molecule has 0 aliphatic heterocycles. The fourth-order valence-corrected chi connectivity index (χ4v) is 2.12. The van der Waals surface area contributed by atoms with E-state index in [4.69, 9.17) is 22.1 Å². The highest BCUT2D eigenvalue weighted by Gasteiger charge is 2.05. The van der Waals surface area contributed by atoms with E-state index in [0.29, 0.717) is 5.75 Å². The fraction of sp³-hybridized carbons (Fsp3) is 0.235. The van der Waals surface area contributed by atoms with Gasteiger partial charge >= 0.3 is 0 Å². The molecule has 2 aromatic rings. The Kier molecular flexibility index (Phi) is 7.89. The van der Waals surface area contributed by atoms with Gasteiger partial charge in [-0.3, -0.25) is 4.79 Å². The van der Waals surface area contributed by atoms with Gasteiger partial charge in [0.1, 0.15) is 5.75 Å². The topological polar surface area (TPSA) is 64.3 Å². The van der Waals surface area contributed by atoms with Gasteiger partial charge in [0.2, 0.25) is 0 Å². The van der Waals surface area contributed by atoms with Gasteiger partial charge in [-0.1, -0.05) is 35.9 Å². The predicted molar refractivity (Wildman–Crippen MR) is 95.1 cm³/mol. The standard InChI is InChI=1S/C17H19ClN2O2.ClH/c1-12(14-4-6-15(18)7-5-14)20-10-13-2-8-16(9-3-13)22-11-17(19)21;/h2-9,12,20H,10-11H2,1H3,(H2,19,21);1H. The van der Waals surface area contributed by atoms with E-state index >= 15 is 0 Å². The second-order valence-corrected chi connectivity index (χ2v) is 5.49. The van der Waals surface area contributed by atoms with Crippen LogP contribution in [0.5, 0.6) is 5.75 Å². The summed E-state index contributed by atoms with van der Waals surface area (Å²) in [5, 5.41) is 4.18. The summed E-state index contributed by atoms with van der Waals surface area (Å²) in [6, 6.07) is 15.6. The van der Waals surface area contributed by atoms with E-state index in [0.717, 1.165) is 17.1 Å². The predicted octanol–water partition coefficient (Wildman–Crippen LogP) is 3.48. The summed E-state index contributed by atoms with van der Waals surface area (Å²) in [7, 11) is 0. The van der Waals surface area contributed by atoms with Crippen molar-refractivity contribution in [1.29, 1.82) is 0 Å². The average molecular weight is 355 g/mol. The first kappa shape index (κ1) is 19.3. The van der Waals surface area contributed by atoms with Crippen molar-refractivity contribution >= 4 is 29.9 Å². The molecule has 0 heterocycles. The zero-order chi connectivity index (χ0) is 15.9. The largest absolute Gasteiger partial charge is 0.484 e. The van der Waals surface area contributed by atoms with Crippen molar-refractivity contribution in [2.24, 2.45) is 5.73 Å². The number of benzene rings is 2. The molecule has 3 N–H and O–H groups in total. The highest BCUT2D eigenvalue weighted by Crippen LogP contribution is 2.17. The molecule has 0 spiro atoms. The Hall–Kier alpha value is -1.75. The van der Waals surface area contributed by atoms with Crippen LogP contribution >= 0.6 is 24.0 Å². The van der Waals surface area contributed by atoms with Crippen LogP contribution in [0, 0.1) is 0 Å². The zero-order valence-corrected chi connectivity index (χ0v) is 14.4. The Balaban J connectivity index is 0.00000264. The molecule has 2 rings (SSSR count). The van der Waals surface area contributed by atoms with Gasteiger partial charge < -0.3 is 15.8 Å². The van der Waals surface area contributed by atoms with Crippen molar-refractivity contribution in [3.63, 3.8) is 0 Å². The van der Waals surface area contributed by atoms with E-state index in [2.05, 4.69) is 12.2 Å². The molecule has 6 heteroatoms. The molecule has 4 nitrogen and oxygen atoms in total. The van der Waals surface area contributed by atoms with Gasteiger partial charge in [0, 0.05) is 17.6 Å². The average Bonchev–Trinajstić information content (AvgIpc) is 2.52. The van der Waals surface area contributed by atoms with Gasteiger partial charge in [0.25, 0.3) is 5.91 Å². The number of carbonyl (C=O) groups is 1. The molecule has 0 aromatic heterocycles. The van der Waals surface area contributed by atoms with E-state index in [1.165, 1.54) is 5.56 Å². The van der Waals surface area contributed by atoms with E-state index in [-0.39, 0.29) is 25.1 Å². The molecular weight excluding hydrogens is 335 g/mol. The Labute approximate surface area is 147 Å². The summed E-state index contributed by atoms with van der Waals surface area (Å²) in [5.41, 5.74) is 7.35. The summed E-state index contributed by atoms with van der Waals surface area (Å²) in [4.78, 5) is 10.7. The molecule has 0 saturated carbocycles. The molecular formula is C17H20Cl2N2O2. The number of carbonyl (C=O) groups excluding carboxylic acids is 1. The van der Waals surface area contributed by atoms with Gasteiger partial charge in [-0.15, -0.1) is 12.4 Å². The van der Waals surface area contributed by atoms with Crippen LogP contribution in [0.3, 0.4) is 0 Å². The molecule has 0 fully saturated rings. The summed E-state index contributed by atoms with van der Waals surface area (Å²) in [5.74, 6) is 0.149. The number of rotatable bonds is 7. The molecule has 0 radical (unpaired) electrons. The highest BCUT2D eigenvalue weighted by molar-refractivity contribution is 6.30. The van der Waals surface area contributed by atoms with E-state index in [1.54, 1.807) is 0 Å². The van der Waals surface area contributed by atoms with Crippen molar-refractivity contribution in [3.05, 3.63) is 64.7 Å². The summed E-state index contributed by atoms with van der Waals surface area (Å²) in [6.07, 6.45) is 0. The molecule has 0 aliphatic carbocycles. The Morgan fingerprint density at radius 1 is 1.17 bits per heavy atom. The highest BCUT2D eigenvalue weighted by atomic mass is 35.5. The minimum atomic E-state index is -0.484. The molecule has 0 saturated heterocycles. The van der Waals surface area contributed by atoms with Crippen LogP contribution in [0.25, 0.3) is 0 Å². The smallest absolute Gasteiger partial charge is 0.255 e. The van der Waals surface area contributed by atoms with Gasteiger partial charge in [-0.05, 0) is 42.3 Å². The summed E-state index contributed by atoms with van der Waals surface area (Å²) < 4.78 is 5.22. The van der Waals surface area contributed by atoms with Gasteiger partial charge in [0.15, 0.2) is 6.61 Å². The Bertz CT molecular complexity index is 615. The third kappa shape index (κ3) is 6.48. The first-order chi connectivity index (χ1) is 10.5. The normalized spacial score (nSPS) is 11.4. The van der Waals surface area contributed by atoms with E-state index < -0.39 is 5.91 Å². The van der Waals surface area contributed by atoms with Gasteiger partial charge in [0.05, 0.1) is 0 Å². The lowest BCUT2D eigenvalue weighted by Crippen LogP contribution is -2.20. The number of nitrogens with two attached hydrogens (primary N) is 1. The third-order valence-electron chi connectivity index (χ3n) is 3.29. The number of hydrogen-bond donors (Lipinski definition) is 2. The van der Waals surface area contributed by atoms with Crippen LogP contribution in [0.2, 0.25) is 5.02 Å². The Morgan fingerprint density at radius 3 is 2.35 bits per heavy atom. The number of hydrogen-bond acceptors (Lipinski definition) is 3. The van der Waals surface area contributed by atoms with E-state index in [9.17, 15) is 4.79 Å². The van der Waals surface area contributed by atoms with Crippen LogP contribution in [0.4, 0.5) is 0 Å². The van der Waals surface area contributed by atoms with Gasteiger partial charge in [-0.25, -0.2) is 0 Å². The molecule has 2 aromatic carbocycles. The summed E-state index contributed by atoms with van der Waals surface area (Å²) in [6.45, 7) is 2.73. The van der Waals surface area contributed by atoms with Crippen molar-refractivity contribution in [3.8, 4) is 5.75 Å². The molecule has 23 heavy (non-hydrogen) atoms. The van der Waals surface area contributed by atoms with Crippen molar-refractivity contribution in [1.82, 2.24) is 5.32 Å². The van der Waals surface area contributed by atoms with Crippen LogP contribution in [-0.4, -0.2) is 12.5 Å². The lowest BCUT2D eigenvalue weighted by Gasteiger charge is -2.14. The minimum absolute atomic E-state index is 0. The lowest BCUT2D eigenvalue weighted by atomic mass is 10.1.